The quantitative estimate of drug-likeness (QED) is 0.783. The highest BCUT2D eigenvalue weighted by Gasteiger charge is 2.11. The van der Waals surface area contributed by atoms with E-state index in [1.165, 1.54) is 19.3 Å². The molecule has 0 saturated heterocycles. The molecule has 0 aliphatic carbocycles. The van der Waals surface area contributed by atoms with Crippen LogP contribution in [0.25, 0.3) is 6.08 Å². The van der Waals surface area contributed by atoms with Crippen molar-refractivity contribution in [2.24, 2.45) is 0 Å². The molecule has 0 fully saturated rings. The van der Waals surface area contributed by atoms with Gasteiger partial charge in [-0.25, -0.2) is 4.39 Å². The minimum atomic E-state index is -0.563. The number of nitrogens with zero attached hydrogens (tertiary/aromatic N) is 2. The maximum Gasteiger partial charge on any atom is 0.179 e. The molecule has 0 aliphatic heterocycles. The monoisotopic (exact) mass is 280 g/mol. The predicted octanol–water partition coefficient (Wildman–Crippen LogP) is 3.03. The van der Waals surface area contributed by atoms with Gasteiger partial charge in [-0.1, -0.05) is 0 Å². The number of allylic oxidation sites excluding steroid dienone is 1. The Morgan fingerprint density at radius 1 is 1.44 bits per heavy atom. The van der Waals surface area contributed by atoms with Crippen molar-refractivity contribution in [3.05, 3.63) is 33.6 Å². The Morgan fingerprint density at radius 2 is 2.06 bits per heavy atom. The van der Waals surface area contributed by atoms with Crippen molar-refractivity contribution in [2.75, 3.05) is 7.11 Å². The summed E-state index contributed by atoms with van der Waals surface area (Å²) in [5.74, 6) is -0.566. The smallest absolute Gasteiger partial charge is 0.179 e. The lowest BCUT2D eigenvalue weighted by Gasteiger charge is -2.07. The Morgan fingerprint density at radius 3 is 2.56 bits per heavy atom. The normalized spacial score (nSPS) is 8.81. The third-order valence-electron chi connectivity index (χ3n) is 1.83. The second kappa shape index (κ2) is 5.29. The van der Waals surface area contributed by atoms with Gasteiger partial charge in [0, 0.05) is 5.56 Å². The van der Waals surface area contributed by atoms with Crippen LogP contribution in [0.5, 0.6) is 5.75 Å². The number of benzene rings is 1. The van der Waals surface area contributed by atoms with E-state index in [1.807, 2.05) is 0 Å². The first-order valence-corrected chi connectivity index (χ1v) is 4.97. The molecule has 0 saturated carbocycles. The standard InChI is InChI=1S/C11H6BrFN2O/c1-16-11-8(4-7(5-14)6-15)2-3-9(12)10(11)13/h2-4H,1H3. The summed E-state index contributed by atoms with van der Waals surface area (Å²) in [7, 11) is 1.32. The van der Waals surface area contributed by atoms with Gasteiger partial charge in [-0.15, -0.1) is 0 Å². The third-order valence-corrected chi connectivity index (χ3v) is 2.44. The molecule has 0 atom stereocenters. The summed E-state index contributed by atoms with van der Waals surface area (Å²) in [6, 6.07) is 6.43. The Balaban J connectivity index is 3.38. The van der Waals surface area contributed by atoms with E-state index in [-0.39, 0.29) is 15.8 Å². The second-order valence-corrected chi connectivity index (χ2v) is 3.62. The third kappa shape index (κ3) is 2.39. The van der Waals surface area contributed by atoms with E-state index in [2.05, 4.69) is 15.9 Å². The van der Waals surface area contributed by atoms with Gasteiger partial charge in [0.15, 0.2) is 11.6 Å². The van der Waals surface area contributed by atoms with Crippen molar-refractivity contribution in [1.82, 2.24) is 0 Å². The Labute approximate surface area is 100 Å². The lowest BCUT2D eigenvalue weighted by atomic mass is 10.1. The summed E-state index contributed by atoms with van der Waals surface area (Å²) in [5.41, 5.74) is 0.237. The van der Waals surface area contributed by atoms with Crippen molar-refractivity contribution in [3.8, 4) is 17.9 Å². The molecule has 0 spiro atoms. The number of nitriles is 2. The fraction of sp³-hybridized carbons (Fsp3) is 0.0909. The summed E-state index contributed by atoms with van der Waals surface area (Å²) in [5, 5.41) is 17.2. The summed E-state index contributed by atoms with van der Waals surface area (Å²) in [6.07, 6.45) is 1.27. The number of rotatable bonds is 2. The van der Waals surface area contributed by atoms with Crippen molar-refractivity contribution < 1.29 is 9.13 Å². The van der Waals surface area contributed by atoms with Crippen LogP contribution in [0.1, 0.15) is 5.56 Å². The first-order chi connectivity index (χ1) is 7.63. The molecule has 0 amide bonds. The molecular weight excluding hydrogens is 275 g/mol. The van der Waals surface area contributed by atoms with Gasteiger partial charge in [0.1, 0.15) is 17.7 Å². The van der Waals surface area contributed by atoms with Crippen LogP contribution in [0.4, 0.5) is 4.39 Å². The van der Waals surface area contributed by atoms with Crippen molar-refractivity contribution in [3.63, 3.8) is 0 Å². The molecule has 0 bridgehead atoms. The first kappa shape index (κ1) is 12.2. The fourth-order valence-electron chi connectivity index (χ4n) is 1.11. The van der Waals surface area contributed by atoms with E-state index in [0.717, 1.165) is 0 Å². The van der Waals surface area contributed by atoms with Crippen LogP contribution < -0.4 is 4.74 Å². The zero-order chi connectivity index (χ0) is 12.1. The number of halogens is 2. The highest BCUT2D eigenvalue weighted by Crippen LogP contribution is 2.30. The molecule has 0 radical (unpaired) electrons. The van der Waals surface area contributed by atoms with Gasteiger partial charge in [0.25, 0.3) is 0 Å². The number of hydrogen-bond acceptors (Lipinski definition) is 3. The molecule has 0 N–H and O–H groups in total. The zero-order valence-electron chi connectivity index (χ0n) is 8.29. The van der Waals surface area contributed by atoms with Gasteiger partial charge < -0.3 is 4.74 Å². The average molecular weight is 281 g/mol. The van der Waals surface area contributed by atoms with Crippen molar-refractivity contribution in [2.45, 2.75) is 0 Å². The molecule has 1 aromatic rings. The van der Waals surface area contributed by atoms with Crippen LogP contribution in [-0.2, 0) is 0 Å². The molecule has 80 valence electrons. The minimum absolute atomic E-state index is 0.00243. The largest absolute Gasteiger partial charge is 0.493 e. The molecule has 0 aromatic heterocycles. The molecule has 0 heterocycles. The van der Waals surface area contributed by atoms with Gasteiger partial charge in [-0.3, -0.25) is 0 Å². The summed E-state index contributed by atoms with van der Waals surface area (Å²) in [4.78, 5) is 0. The average Bonchev–Trinajstić information content (AvgIpc) is 2.30. The van der Waals surface area contributed by atoms with E-state index in [1.54, 1.807) is 18.2 Å². The van der Waals surface area contributed by atoms with E-state index in [0.29, 0.717) is 5.56 Å². The molecule has 16 heavy (non-hydrogen) atoms. The van der Waals surface area contributed by atoms with Crippen molar-refractivity contribution >= 4 is 22.0 Å². The summed E-state index contributed by atoms with van der Waals surface area (Å²) >= 11 is 3.02. The SMILES string of the molecule is COc1c(C=C(C#N)C#N)ccc(Br)c1F. The van der Waals surface area contributed by atoms with Crippen molar-refractivity contribution in [1.29, 1.82) is 10.5 Å². The lowest BCUT2D eigenvalue weighted by Crippen LogP contribution is -1.93. The predicted molar refractivity (Wildman–Crippen MR) is 59.9 cm³/mol. The molecule has 0 aliphatic rings. The van der Waals surface area contributed by atoms with E-state index in [9.17, 15) is 4.39 Å². The van der Waals surface area contributed by atoms with E-state index < -0.39 is 5.82 Å². The molecule has 1 aromatic carbocycles. The summed E-state index contributed by atoms with van der Waals surface area (Å²) in [6.45, 7) is 0. The highest BCUT2D eigenvalue weighted by molar-refractivity contribution is 9.10. The molecule has 5 heteroatoms. The van der Waals surface area contributed by atoms with Gasteiger partial charge in [0.2, 0.25) is 0 Å². The number of methoxy groups -OCH3 is 1. The molecule has 1 rings (SSSR count). The molecule has 0 unspecified atom stereocenters. The molecule has 3 nitrogen and oxygen atoms in total. The Hall–Kier alpha value is -1.85. The van der Waals surface area contributed by atoms with E-state index in [4.69, 9.17) is 15.3 Å². The maximum absolute atomic E-state index is 13.6. The molecular formula is C11H6BrFN2O. The zero-order valence-corrected chi connectivity index (χ0v) is 9.88. The minimum Gasteiger partial charge on any atom is -0.493 e. The van der Waals surface area contributed by atoms with Crippen LogP contribution >= 0.6 is 15.9 Å². The van der Waals surface area contributed by atoms with Gasteiger partial charge in [0.05, 0.1) is 11.6 Å². The summed E-state index contributed by atoms with van der Waals surface area (Å²) < 4.78 is 18.7. The number of ether oxygens (including phenoxy) is 1. The van der Waals surface area contributed by atoms with Gasteiger partial charge in [-0.05, 0) is 34.1 Å². The Kier molecular flexibility index (Phi) is 4.04. The van der Waals surface area contributed by atoms with Crippen LogP contribution in [0.3, 0.4) is 0 Å². The van der Waals surface area contributed by atoms with Gasteiger partial charge >= 0.3 is 0 Å². The Bertz CT molecular complexity index is 510. The van der Waals surface area contributed by atoms with Crippen LogP contribution in [0, 0.1) is 28.5 Å². The van der Waals surface area contributed by atoms with Gasteiger partial charge in [-0.2, -0.15) is 10.5 Å². The highest BCUT2D eigenvalue weighted by atomic mass is 79.9. The second-order valence-electron chi connectivity index (χ2n) is 2.77. The fourth-order valence-corrected chi connectivity index (χ4v) is 1.43. The van der Waals surface area contributed by atoms with E-state index >= 15 is 0 Å². The maximum atomic E-state index is 13.6. The van der Waals surface area contributed by atoms with Crippen LogP contribution in [0.15, 0.2) is 22.2 Å². The van der Waals surface area contributed by atoms with Crippen LogP contribution in [-0.4, -0.2) is 7.11 Å². The number of hydrogen-bond donors (Lipinski definition) is 0. The topological polar surface area (TPSA) is 56.8 Å². The first-order valence-electron chi connectivity index (χ1n) is 4.18. The lowest BCUT2D eigenvalue weighted by molar-refractivity contribution is 0.384. The van der Waals surface area contributed by atoms with Crippen LogP contribution in [0.2, 0.25) is 0 Å².